The normalized spacial score (nSPS) is 19.9. The van der Waals surface area contributed by atoms with Crippen LogP contribution in [0.15, 0.2) is 12.1 Å². The van der Waals surface area contributed by atoms with Crippen molar-refractivity contribution >= 4 is 11.3 Å². The van der Waals surface area contributed by atoms with Crippen LogP contribution in [0.4, 0.5) is 0 Å². The van der Waals surface area contributed by atoms with Gasteiger partial charge in [-0.3, -0.25) is 0 Å². The van der Waals surface area contributed by atoms with Crippen LogP contribution < -0.4 is 0 Å². The average molecular weight is 242 g/mol. The maximum atomic E-state index is 9.96. The molecule has 1 aliphatic heterocycles. The summed E-state index contributed by atoms with van der Waals surface area (Å²) in [5, 5.41) is 9.96. The fourth-order valence-electron chi connectivity index (χ4n) is 1.77. The molecule has 0 aromatic carbocycles. The summed E-state index contributed by atoms with van der Waals surface area (Å²) in [5.41, 5.74) is 0. The Balaban J connectivity index is 1.76. The fourth-order valence-corrected chi connectivity index (χ4v) is 2.67. The van der Waals surface area contributed by atoms with E-state index >= 15 is 0 Å². The lowest BCUT2D eigenvalue weighted by molar-refractivity contribution is -0.183. The van der Waals surface area contributed by atoms with E-state index in [9.17, 15) is 5.11 Å². The predicted molar refractivity (Wildman–Crippen MR) is 63.6 cm³/mol. The van der Waals surface area contributed by atoms with E-state index < -0.39 is 0 Å². The predicted octanol–water partition coefficient (Wildman–Crippen LogP) is 2.63. The highest BCUT2D eigenvalue weighted by atomic mass is 32.1. The van der Waals surface area contributed by atoms with E-state index in [0.29, 0.717) is 6.42 Å². The van der Waals surface area contributed by atoms with Crippen LogP contribution in [0.1, 0.15) is 35.1 Å². The molecule has 0 spiro atoms. The molecule has 1 aliphatic rings. The quantitative estimate of drug-likeness (QED) is 0.882. The summed E-state index contributed by atoms with van der Waals surface area (Å²) in [5.74, 6) is 0. The van der Waals surface area contributed by atoms with Gasteiger partial charge in [-0.2, -0.15) is 0 Å². The molecule has 0 amide bonds. The van der Waals surface area contributed by atoms with Gasteiger partial charge in [0.2, 0.25) is 0 Å². The van der Waals surface area contributed by atoms with Crippen molar-refractivity contribution in [2.24, 2.45) is 0 Å². The van der Waals surface area contributed by atoms with Gasteiger partial charge >= 0.3 is 0 Å². The third-order valence-corrected chi connectivity index (χ3v) is 3.76. The molecule has 0 bridgehead atoms. The molecule has 1 atom stereocenters. The third-order valence-electron chi connectivity index (χ3n) is 2.66. The van der Waals surface area contributed by atoms with E-state index in [1.54, 1.807) is 11.3 Å². The van der Waals surface area contributed by atoms with Crippen molar-refractivity contribution in [3.8, 4) is 0 Å². The second kappa shape index (κ2) is 5.77. The lowest BCUT2D eigenvalue weighted by Gasteiger charge is -2.23. The fraction of sp³-hybridized carbons (Fsp3) is 0.667. The molecule has 2 rings (SSSR count). The van der Waals surface area contributed by atoms with Crippen molar-refractivity contribution in [1.29, 1.82) is 0 Å². The SMILES string of the molecule is Cc1ccc([C@H](O)CCC2OCCCO2)s1. The van der Waals surface area contributed by atoms with E-state index in [1.807, 2.05) is 19.1 Å². The molecule has 3 nitrogen and oxygen atoms in total. The van der Waals surface area contributed by atoms with Crippen LogP contribution in [0.3, 0.4) is 0 Å². The molecule has 1 N–H and O–H groups in total. The molecule has 0 aliphatic carbocycles. The highest BCUT2D eigenvalue weighted by Gasteiger charge is 2.17. The monoisotopic (exact) mass is 242 g/mol. The first-order chi connectivity index (χ1) is 7.75. The van der Waals surface area contributed by atoms with Crippen LogP contribution in [-0.2, 0) is 9.47 Å². The van der Waals surface area contributed by atoms with Gasteiger partial charge in [-0.1, -0.05) is 0 Å². The van der Waals surface area contributed by atoms with Crippen LogP contribution in [0.5, 0.6) is 0 Å². The van der Waals surface area contributed by atoms with Crippen LogP contribution in [0.2, 0.25) is 0 Å². The minimum absolute atomic E-state index is 0.121. The molecule has 16 heavy (non-hydrogen) atoms. The van der Waals surface area contributed by atoms with Gasteiger partial charge in [0.1, 0.15) is 0 Å². The van der Waals surface area contributed by atoms with Gasteiger partial charge in [0.05, 0.1) is 19.3 Å². The Labute approximate surface area is 100 Å². The highest BCUT2D eigenvalue weighted by Crippen LogP contribution is 2.27. The van der Waals surface area contributed by atoms with E-state index in [4.69, 9.17) is 9.47 Å². The number of hydrogen-bond acceptors (Lipinski definition) is 4. The Morgan fingerprint density at radius 2 is 2.19 bits per heavy atom. The number of ether oxygens (including phenoxy) is 2. The van der Waals surface area contributed by atoms with Gasteiger partial charge in [-0.15, -0.1) is 11.3 Å². The first-order valence-electron chi connectivity index (χ1n) is 5.73. The summed E-state index contributed by atoms with van der Waals surface area (Å²) in [6, 6.07) is 4.03. The number of aryl methyl sites for hydroxylation is 1. The Morgan fingerprint density at radius 3 is 2.81 bits per heavy atom. The summed E-state index contributed by atoms with van der Waals surface area (Å²) in [7, 11) is 0. The number of aliphatic hydroxyl groups is 1. The van der Waals surface area contributed by atoms with Crippen molar-refractivity contribution in [3.63, 3.8) is 0 Å². The number of rotatable bonds is 4. The zero-order chi connectivity index (χ0) is 11.4. The molecule has 4 heteroatoms. The maximum Gasteiger partial charge on any atom is 0.157 e. The molecule has 2 heterocycles. The molecule has 1 saturated heterocycles. The first-order valence-corrected chi connectivity index (χ1v) is 6.55. The van der Waals surface area contributed by atoms with E-state index in [1.165, 1.54) is 4.88 Å². The van der Waals surface area contributed by atoms with Gasteiger partial charge in [-0.25, -0.2) is 0 Å². The van der Waals surface area contributed by atoms with Gasteiger partial charge in [0.15, 0.2) is 6.29 Å². The summed E-state index contributed by atoms with van der Waals surface area (Å²) < 4.78 is 10.9. The Morgan fingerprint density at radius 1 is 1.44 bits per heavy atom. The third kappa shape index (κ3) is 3.28. The highest BCUT2D eigenvalue weighted by molar-refractivity contribution is 7.11. The molecule has 0 radical (unpaired) electrons. The summed E-state index contributed by atoms with van der Waals surface area (Å²) in [6.07, 6.45) is 1.93. The Bertz CT molecular complexity index is 318. The van der Waals surface area contributed by atoms with Crippen molar-refractivity contribution in [3.05, 3.63) is 21.9 Å². The van der Waals surface area contributed by atoms with Crippen molar-refractivity contribution in [1.82, 2.24) is 0 Å². The second-order valence-corrected chi connectivity index (χ2v) is 5.39. The number of aliphatic hydroxyl groups excluding tert-OH is 1. The molecular weight excluding hydrogens is 224 g/mol. The van der Waals surface area contributed by atoms with Gasteiger partial charge in [0.25, 0.3) is 0 Å². The minimum Gasteiger partial charge on any atom is -0.388 e. The molecule has 0 saturated carbocycles. The average Bonchev–Trinajstić information content (AvgIpc) is 2.74. The lowest BCUT2D eigenvalue weighted by Crippen LogP contribution is -2.25. The van der Waals surface area contributed by atoms with Crippen LogP contribution in [0.25, 0.3) is 0 Å². The maximum absolute atomic E-state index is 9.96. The van der Waals surface area contributed by atoms with Crippen molar-refractivity contribution in [2.45, 2.75) is 38.6 Å². The molecular formula is C12H18O3S. The van der Waals surface area contributed by atoms with Gasteiger partial charge in [0, 0.05) is 16.2 Å². The Hall–Kier alpha value is -0.420. The second-order valence-electron chi connectivity index (χ2n) is 4.07. The van der Waals surface area contributed by atoms with Crippen LogP contribution in [0, 0.1) is 6.92 Å². The molecule has 1 fully saturated rings. The topological polar surface area (TPSA) is 38.7 Å². The van der Waals surface area contributed by atoms with Crippen molar-refractivity contribution in [2.75, 3.05) is 13.2 Å². The first kappa shape index (κ1) is 12.0. The Kier molecular flexibility index (Phi) is 4.35. The molecule has 1 aromatic heterocycles. The number of hydrogen-bond donors (Lipinski definition) is 1. The summed E-state index contributed by atoms with van der Waals surface area (Å²) >= 11 is 1.65. The summed E-state index contributed by atoms with van der Waals surface area (Å²) in [4.78, 5) is 2.27. The van der Waals surface area contributed by atoms with Crippen molar-refractivity contribution < 1.29 is 14.6 Å². The minimum atomic E-state index is -0.382. The molecule has 90 valence electrons. The smallest absolute Gasteiger partial charge is 0.157 e. The largest absolute Gasteiger partial charge is 0.388 e. The standard InChI is InChI=1S/C12H18O3S/c1-9-3-5-11(16-9)10(13)4-6-12-14-7-2-8-15-12/h3,5,10,12-13H,2,4,6-8H2,1H3/t10-/m1/s1. The molecule has 1 aromatic rings. The van der Waals surface area contributed by atoms with Gasteiger partial charge in [-0.05, 0) is 31.9 Å². The summed E-state index contributed by atoms with van der Waals surface area (Å²) in [6.45, 7) is 3.60. The zero-order valence-corrected chi connectivity index (χ0v) is 10.3. The molecule has 0 unspecified atom stereocenters. The lowest BCUT2D eigenvalue weighted by atomic mass is 10.1. The van der Waals surface area contributed by atoms with Crippen LogP contribution >= 0.6 is 11.3 Å². The number of thiophene rings is 1. The van der Waals surface area contributed by atoms with E-state index in [-0.39, 0.29) is 12.4 Å². The van der Waals surface area contributed by atoms with E-state index in [0.717, 1.165) is 30.9 Å². The van der Waals surface area contributed by atoms with Crippen LogP contribution in [-0.4, -0.2) is 24.6 Å². The zero-order valence-electron chi connectivity index (χ0n) is 9.52. The van der Waals surface area contributed by atoms with Gasteiger partial charge < -0.3 is 14.6 Å². The van der Waals surface area contributed by atoms with E-state index in [2.05, 4.69) is 0 Å².